The van der Waals surface area contributed by atoms with E-state index >= 15 is 0 Å². The van der Waals surface area contributed by atoms with E-state index in [1.807, 2.05) is 4.68 Å². The average molecular weight is 333 g/mol. The van der Waals surface area contributed by atoms with Gasteiger partial charge in [-0.3, -0.25) is 0 Å². The summed E-state index contributed by atoms with van der Waals surface area (Å²) >= 11 is 2.32. The van der Waals surface area contributed by atoms with Crippen LogP contribution in [0.3, 0.4) is 0 Å². The number of rotatable bonds is 2. The van der Waals surface area contributed by atoms with Crippen LogP contribution in [0.2, 0.25) is 0 Å². The van der Waals surface area contributed by atoms with Crippen molar-refractivity contribution in [3.63, 3.8) is 0 Å². The fourth-order valence-electron chi connectivity index (χ4n) is 2.00. The lowest BCUT2D eigenvalue weighted by Gasteiger charge is -2.16. The van der Waals surface area contributed by atoms with Crippen LogP contribution in [0.1, 0.15) is 52.3 Å². The second-order valence-corrected chi connectivity index (χ2v) is 6.90. The van der Waals surface area contributed by atoms with Crippen molar-refractivity contribution in [2.45, 2.75) is 52.0 Å². The molecule has 0 bridgehead atoms. The summed E-state index contributed by atoms with van der Waals surface area (Å²) in [6.45, 7) is 8.78. The highest BCUT2D eigenvalue weighted by molar-refractivity contribution is 14.1. The van der Waals surface area contributed by atoms with E-state index in [1.54, 1.807) is 0 Å². The Kier molecular flexibility index (Phi) is 2.97. The maximum absolute atomic E-state index is 6.16. The van der Waals surface area contributed by atoms with Crippen molar-refractivity contribution in [2.24, 2.45) is 5.92 Å². The molecule has 16 heavy (non-hydrogen) atoms. The van der Waals surface area contributed by atoms with E-state index in [-0.39, 0.29) is 5.41 Å². The van der Waals surface area contributed by atoms with Gasteiger partial charge in [0.15, 0.2) is 0 Å². The zero-order valence-electron chi connectivity index (χ0n) is 10.4. The SMILES string of the molecule is CC(C1CC1)n1nc(C(C)(C)C)c(I)c1N. The first-order valence-electron chi connectivity index (χ1n) is 5.86. The van der Waals surface area contributed by atoms with E-state index in [4.69, 9.17) is 10.8 Å². The summed E-state index contributed by atoms with van der Waals surface area (Å²) in [5.74, 6) is 1.62. The van der Waals surface area contributed by atoms with E-state index in [0.29, 0.717) is 6.04 Å². The van der Waals surface area contributed by atoms with Crippen LogP contribution in [-0.2, 0) is 5.41 Å². The molecule has 1 heterocycles. The molecular weight excluding hydrogens is 313 g/mol. The second-order valence-electron chi connectivity index (χ2n) is 5.82. The minimum absolute atomic E-state index is 0.0686. The van der Waals surface area contributed by atoms with Gasteiger partial charge in [-0.1, -0.05) is 20.8 Å². The molecule has 0 saturated heterocycles. The van der Waals surface area contributed by atoms with Gasteiger partial charge in [-0.15, -0.1) is 0 Å². The highest BCUT2D eigenvalue weighted by Crippen LogP contribution is 2.41. The van der Waals surface area contributed by atoms with E-state index in [2.05, 4.69) is 50.3 Å². The summed E-state index contributed by atoms with van der Waals surface area (Å²) in [5, 5.41) is 4.73. The smallest absolute Gasteiger partial charge is 0.135 e. The van der Waals surface area contributed by atoms with Gasteiger partial charge < -0.3 is 5.73 Å². The molecule has 1 fully saturated rings. The normalized spacial score (nSPS) is 18.8. The van der Waals surface area contributed by atoms with Gasteiger partial charge in [0.2, 0.25) is 0 Å². The zero-order chi connectivity index (χ0) is 12.1. The van der Waals surface area contributed by atoms with Crippen LogP contribution in [0, 0.1) is 9.49 Å². The molecule has 90 valence electrons. The van der Waals surface area contributed by atoms with Crippen molar-refractivity contribution < 1.29 is 0 Å². The van der Waals surface area contributed by atoms with Crippen LogP contribution in [0.4, 0.5) is 5.82 Å². The minimum atomic E-state index is 0.0686. The van der Waals surface area contributed by atoms with Gasteiger partial charge in [0.1, 0.15) is 5.82 Å². The molecule has 1 aromatic heterocycles. The highest BCUT2D eigenvalue weighted by Gasteiger charge is 2.33. The van der Waals surface area contributed by atoms with Crippen molar-refractivity contribution >= 4 is 28.4 Å². The van der Waals surface area contributed by atoms with Gasteiger partial charge in [-0.05, 0) is 48.3 Å². The van der Waals surface area contributed by atoms with Gasteiger partial charge in [0.25, 0.3) is 0 Å². The number of nitrogen functional groups attached to an aromatic ring is 1. The molecule has 1 atom stereocenters. The Bertz CT molecular complexity index is 399. The molecule has 0 aliphatic heterocycles. The Morgan fingerprint density at radius 2 is 2.00 bits per heavy atom. The number of aromatic nitrogens is 2. The monoisotopic (exact) mass is 333 g/mol. The number of hydrogen-bond donors (Lipinski definition) is 1. The fourth-order valence-corrected chi connectivity index (χ4v) is 3.16. The van der Waals surface area contributed by atoms with E-state index in [1.165, 1.54) is 12.8 Å². The molecule has 4 heteroatoms. The molecule has 3 nitrogen and oxygen atoms in total. The number of nitrogens with two attached hydrogens (primary N) is 1. The highest BCUT2D eigenvalue weighted by atomic mass is 127. The summed E-state index contributed by atoms with van der Waals surface area (Å²) < 4.78 is 3.15. The first-order valence-corrected chi connectivity index (χ1v) is 6.94. The topological polar surface area (TPSA) is 43.8 Å². The Morgan fingerprint density at radius 3 is 2.38 bits per heavy atom. The van der Waals surface area contributed by atoms with Crippen LogP contribution in [0.25, 0.3) is 0 Å². The van der Waals surface area contributed by atoms with Crippen LogP contribution in [0.15, 0.2) is 0 Å². The van der Waals surface area contributed by atoms with Crippen LogP contribution in [-0.4, -0.2) is 9.78 Å². The molecule has 1 unspecified atom stereocenters. The lowest BCUT2D eigenvalue weighted by Crippen LogP contribution is -2.16. The second kappa shape index (κ2) is 3.89. The fraction of sp³-hybridized carbons (Fsp3) is 0.750. The Morgan fingerprint density at radius 1 is 1.44 bits per heavy atom. The van der Waals surface area contributed by atoms with Crippen molar-refractivity contribution in [2.75, 3.05) is 5.73 Å². The van der Waals surface area contributed by atoms with Crippen LogP contribution >= 0.6 is 22.6 Å². The van der Waals surface area contributed by atoms with Crippen molar-refractivity contribution in [1.29, 1.82) is 0 Å². The molecule has 2 N–H and O–H groups in total. The van der Waals surface area contributed by atoms with Gasteiger partial charge in [0, 0.05) is 5.41 Å². The molecule has 0 radical (unpaired) electrons. The Hall–Kier alpha value is -0.260. The largest absolute Gasteiger partial charge is 0.383 e. The number of anilines is 1. The summed E-state index contributed by atoms with van der Waals surface area (Å²) in [5.41, 5.74) is 7.35. The van der Waals surface area contributed by atoms with Crippen LogP contribution in [0.5, 0.6) is 0 Å². The average Bonchev–Trinajstić information content (AvgIpc) is 2.94. The lowest BCUT2D eigenvalue weighted by molar-refractivity contribution is 0.432. The minimum Gasteiger partial charge on any atom is -0.383 e. The standard InChI is InChI=1S/C12H20IN3/c1-7(8-5-6-8)16-11(14)9(13)10(15-16)12(2,3)4/h7-8H,5-6,14H2,1-4H3. The summed E-state index contributed by atoms with van der Waals surface area (Å²) in [4.78, 5) is 0. The first-order chi connectivity index (χ1) is 7.32. The summed E-state index contributed by atoms with van der Waals surface area (Å²) in [6, 6.07) is 0.449. The maximum atomic E-state index is 6.16. The molecule has 2 rings (SSSR count). The van der Waals surface area contributed by atoms with E-state index < -0.39 is 0 Å². The van der Waals surface area contributed by atoms with Crippen molar-refractivity contribution in [1.82, 2.24) is 9.78 Å². The quantitative estimate of drug-likeness (QED) is 0.844. The molecule has 1 saturated carbocycles. The third kappa shape index (κ3) is 2.08. The van der Waals surface area contributed by atoms with Gasteiger partial charge in [-0.2, -0.15) is 5.10 Å². The third-order valence-corrected chi connectivity index (χ3v) is 4.35. The predicted molar refractivity (Wildman–Crippen MR) is 75.5 cm³/mol. The first kappa shape index (κ1) is 12.2. The van der Waals surface area contributed by atoms with Gasteiger partial charge in [0.05, 0.1) is 15.3 Å². The molecule has 0 spiro atoms. The molecular formula is C12H20IN3. The predicted octanol–water partition coefficient (Wildman–Crippen LogP) is 3.34. The Balaban J connectivity index is 2.40. The molecule has 0 amide bonds. The molecule has 1 aliphatic carbocycles. The number of halogens is 1. The number of nitrogens with zero attached hydrogens (tertiary/aromatic N) is 2. The molecule has 1 aliphatic rings. The lowest BCUT2D eigenvalue weighted by atomic mass is 9.92. The maximum Gasteiger partial charge on any atom is 0.135 e. The zero-order valence-corrected chi connectivity index (χ0v) is 12.6. The van der Waals surface area contributed by atoms with E-state index in [0.717, 1.165) is 21.0 Å². The number of hydrogen-bond acceptors (Lipinski definition) is 2. The van der Waals surface area contributed by atoms with Crippen molar-refractivity contribution in [3.05, 3.63) is 9.26 Å². The summed E-state index contributed by atoms with van der Waals surface area (Å²) in [7, 11) is 0. The van der Waals surface area contributed by atoms with Crippen molar-refractivity contribution in [3.8, 4) is 0 Å². The summed E-state index contributed by atoms with van der Waals surface area (Å²) in [6.07, 6.45) is 2.64. The third-order valence-electron chi connectivity index (χ3n) is 3.29. The Labute approximate surface area is 111 Å². The molecule has 0 aromatic carbocycles. The van der Waals surface area contributed by atoms with Gasteiger partial charge >= 0.3 is 0 Å². The van der Waals surface area contributed by atoms with Gasteiger partial charge in [-0.25, -0.2) is 4.68 Å². The van der Waals surface area contributed by atoms with Crippen LogP contribution < -0.4 is 5.73 Å². The van der Waals surface area contributed by atoms with E-state index in [9.17, 15) is 0 Å². The molecule has 1 aromatic rings.